The van der Waals surface area contributed by atoms with Gasteiger partial charge in [-0.15, -0.1) is 0 Å². The van der Waals surface area contributed by atoms with E-state index < -0.39 is 0 Å². The maximum absolute atomic E-state index is 13.0. The van der Waals surface area contributed by atoms with Gasteiger partial charge < -0.3 is 9.47 Å². The van der Waals surface area contributed by atoms with Crippen LogP contribution in [0.5, 0.6) is 0 Å². The average molecular weight is 302 g/mol. The zero-order valence-corrected chi connectivity index (χ0v) is 14.4. The van der Waals surface area contributed by atoms with Crippen LogP contribution in [0.25, 0.3) is 0 Å². The van der Waals surface area contributed by atoms with E-state index in [4.69, 9.17) is 0 Å². The largest absolute Gasteiger partial charge is 0.345 e. The number of likely N-dealkylation sites (tertiary alicyclic amines) is 1. The van der Waals surface area contributed by atoms with Crippen molar-refractivity contribution >= 4 is 5.91 Å². The second-order valence-electron chi connectivity index (χ2n) is 7.29. The molecule has 1 aliphatic carbocycles. The summed E-state index contributed by atoms with van der Waals surface area (Å²) in [4.78, 5) is 15.1. The van der Waals surface area contributed by atoms with E-state index in [0.717, 1.165) is 24.9 Å². The number of hydrogen-bond donors (Lipinski definition) is 0. The molecule has 1 saturated carbocycles. The standard InChI is InChI=1S/C19H30N2O/c1-14-9-7-8-12-20(14)19(22)18-13-15(2)21(16(18)3)17-10-5-4-6-11-17/h13-14,17H,4-12H2,1-3H3. The molecule has 0 spiro atoms. The first kappa shape index (κ1) is 15.6. The van der Waals surface area contributed by atoms with Crippen molar-refractivity contribution in [3.8, 4) is 0 Å². The predicted molar refractivity (Wildman–Crippen MR) is 90.4 cm³/mol. The Labute approximate surface area is 134 Å². The van der Waals surface area contributed by atoms with E-state index in [2.05, 4.69) is 36.3 Å². The molecular weight excluding hydrogens is 272 g/mol. The lowest BCUT2D eigenvalue weighted by atomic mass is 9.95. The minimum atomic E-state index is 0.252. The van der Waals surface area contributed by atoms with Gasteiger partial charge in [0.15, 0.2) is 0 Å². The Kier molecular flexibility index (Phi) is 4.60. The van der Waals surface area contributed by atoms with Gasteiger partial charge in [0.25, 0.3) is 5.91 Å². The molecule has 1 aromatic heterocycles. The maximum Gasteiger partial charge on any atom is 0.255 e. The molecule has 1 atom stereocenters. The van der Waals surface area contributed by atoms with E-state index in [1.807, 2.05) is 0 Å². The zero-order chi connectivity index (χ0) is 15.7. The van der Waals surface area contributed by atoms with Crippen LogP contribution in [-0.2, 0) is 0 Å². The second-order valence-corrected chi connectivity index (χ2v) is 7.29. The highest BCUT2D eigenvalue weighted by atomic mass is 16.2. The second kappa shape index (κ2) is 6.47. The Hall–Kier alpha value is -1.25. The van der Waals surface area contributed by atoms with Crippen molar-refractivity contribution in [3.63, 3.8) is 0 Å². The molecule has 0 bridgehead atoms. The van der Waals surface area contributed by atoms with Gasteiger partial charge in [0.1, 0.15) is 0 Å². The van der Waals surface area contributed by atoms with Crippen molar-refractivity contribution in [2.45, 2.75) is 84.2 Å². The molecule has 1 unspecified atom stereocenters. The van der Waals surface area contributed by atoms with Gasteiger partial charge in [-0.25, -0.2) is 0 Å². The van der Waals surface area contributed by atoms with E-state index in [0.29, 0.717) is 12.1 Å². The monoisotopic (exact) mass is 302 g/mol. The number of nitrogens with zero attached hydrogens (tertiary/aromatic N) is 2. The quantitative estimate of drug-likeness (QED) is 0.782. The molecule has 0 aromatic carbocycles. The molecule has 3 nitrogen and oxygen atoms in total. The van der Waals surface area contributed by atoms with Gasteiger partial charge >= 0.3 is 0 Å². The molecule has 2 fully saturated rings. The summed E-state index contributed by atoms with van der Waals surface area (Å²) in [7, 11) is 0. The summed E-state index contributed by atoms with van der Waals surface area (Å²) >= 11 is 0. The summed E-state index contributed by atoms with van der Waals surface area (Å²) in [6.45, 7) is 7.42. The van der Waals surface area contributed by atoms with Crippen molar-refractivity contribution in [2.75, 3.05) is 6.54 Å². The summed E-state index contributed by atoms with van der Waals surface area (Å²) in [5.41, 5.74) is 3.39. The summed E-state index contributed by atoms with van der Waals surface area (Å²) in [6, 6.07) is 3.13. The molecule has 2 aliphatic rings. The first-order valence-corrected chi connectivity index (χ1v) is 9.09. The van der Waals surface area contributed by atoms with Gasteiger partial charge in [0, 0.05) is 30.0 Å². The van der Waals surface area contributed by atoms with Gasteiger partial charge in [-0.3, -0.25) is 4.79 Å². The molecule has 22 heavy (non-hydrogen) atoms. The lowest BCUT2D eigenvalue weighted by Crippen LogP contribution is -2.42. The van der Waals surface area contributed by atoms with Gasteiger partial charge in [-0.2, -0.15) is 0 Å². The van der Waals surface area contributed by atoms with Crippen molar-refractivity contribution < 1.29 is 4.79 Å². The molecule has 1 amide bonds. The summed E-state index contributed by atoms with van der Waals surface area (Å²) < 4.78 is 2.45. The topological polar surface area (TPSA) is 25.2 Å². The molecule has 0 radical (unpaired) electrons. The van der Waals surface area contributed by atoms with Crippen molar-refractivity contribution in [3.05, 3.63) is 23.0 Å². The minimum absolute atomic E-state index is 0.252. The number of carbonyl (C=O) groups is 1. The Morgan fingerprint density at radius 2 is 1.73 bits per heavy atom. The molecular formula is C19H30N2O. The van der Waals surface area contributed by atoms with Crippen molar-refractivity contribution in [1.82, 2.24) is 9.47 Å². The first-order chi connectivity index (χ1) is 10.6. The van der Waals surface area contributed by atoms with Crippen LogP contribution in [0.4, 0.5) is 0 Å². The summed E-state index contributed by atoms with van der Waals surface area (Å²) in [6.07, 6.45) is 10.1. The van der Waals surface area contributed by atoms with Gasteiger partial charge in [-0.1, -0.05) is 19.3 Å². The third-order valence-electron chi connectivity index (χ3n) is 5.72. The molecule has 0 N–H and O–H groups in total. The fourth-order valence-electron chi connectivity index (χ4n) is 4.45. The zero-order valence-electron chi connectivity index (χ0n) is 14.4. The van der Waals surface area contributed by atoms with Gasteiger partial charge in [-0.05, 0) is 58.9 Å². The molecule has 122 valence electrons. The smallest absolute Gasteiger partial charge is 0.255 e. The normalized spacial score (nSPS) is 23.8. The fourth-order valence-corrected chi connectivity index (χ4v) is 4.45. The van der Waals surface area contributed by atoms with Crippen molar-refractivity contribution in [2.24, 2.45) is 0 Å². The summed E-state index contributed by atoms with van der Waals surface area (Å²) in [5.74, 6) is 0.252. The molecule has 2 heterocycles. The number of hydrogen-bond acceptors (Lipinski definition) is 1. The molecule has 1 saturated heterocycles. The van der Waals surface area contributed by atoms with Crippen LogP contribution < -0.4 is 0 Å². The van der Waals surface area contributed by atoms with Crippen LogP contribution in [0.2, 0.25) is 0 Å². The Bertz CT molecular complexity index is 540. The van der Waals surface area contributed by atoms with E-state index in [1.54, 1.807) is 0 Å². The molecule has 3 rings (SSSR count). The Balaban J connectivity index is 1.86. The maximum atomic E-state index is 13.0. The Morgan fingerprint density at radius 1 is 1.05 bits per heavy atom. The third-order valence-corrected chi connectivity index (χ3v) is 5.72. The lowest BCUT2D eigenvalue weighted by Gasteiger charge is -2.33. The number of carbonyl (C=O) groups excluding carboxylic acids is 1. The van der Waals surface area contributed by atoms with Crippen LogP contribution >= 0.6 is 0 Å². The highest BCUT2D eigenvalue weighted by molar-refractivity contribution is 5.96. The van der Waals surface area contributed by atoms with E-state index in [1.165, 1.54) is 49.9 Å². The van der Waals surface area contributed by atoms with E-state index in [-0.39, 0.29) is 5.91 Å². The van der Waals surface area contributed by atoms with Crippen LogP contribution in [-0.4, -0.2) is 28.0 Å². The predicted octanol–water partition coefficient (Wildman–Crippen LogP) is 4.62. The molecule has 1 aliphatic heterocycles. The highest BCUT2D eigenvalue weighted by Gasteiger charge is 2.28. The molecule has 3 heteroatoms. The number of rotatable bonds is 2. The van der Waals surface area contributed by atoms with E-state index in [9.17, 15) is 4.79 Å². The van der Waals surface area contributed by atoms with Crippen LogP contribution in [0, 0.1) is 13.8 Å². The lowest BCUT2D eigenvalue weighted by molar-refractivity contribution is 0.0634. The Morgan fingerprint density at radius 3 is 2.41 bits per heavy atom. The van der Waals surface area contributed by atoms with Crippen LogP contribution in [0.3, 0.4) is 0 Å². The van der Waals surface area contributed by atoms with Crippen molar-refractivity contribution in [1.29, 1.82) is 0 Å². The number of amides is 1. The average Bonchev–Trinajstić information content (AvgIpc) is 2.83. The SMILES string of the molecule is Cc1cc(C(=O)N2CCCCC2C)c(C)n1C1CCCCC1. The minimum Gasteiger partial charge on any atom is -0.345 e. The highest BCUT2D eigenvalue weighted by Crippen LogP contribution is 2.33. The number of aryl methyl sites for hydroxylation is 1. The number of aromatic nitrogens is 1. The number of piperidine rings is 1. The summed E-state index contributed by atoms with van der Waals surface area (Å²) in [5, 5.41) is 0. The van der Waals surface area contributed by atoms with Gasteiger partial charge in [0.2, 0.25) is 0 Å². The van der Waals surface area contributed by atoms with Crippen LogP contribution in [0.1, 0.15) is 86.1 Å². The molecule has 1 aromatic rings. The van der Waals surface area contributed by atoms with Gasteiger partial charge in [0.05, 0.1) is 5.56 Å². The third kappa shape index (κ3) is 2.82. The first-order valence-electron chi connectivity index (χ1n) is 9.09. The fraction of sp³-hybridized carbons (Fsp3) is 0.737. The van der Waals surface area contributed by atoms with E-state index >= 15 is 0 Å². The van der Waals surface area contributed by atoms with Crippen LogP contribution in [0.15, 0.2) is 6.07 Å².